The number of carbonyl (C=O) groups is 1. The Labute approximate surface area is 114 Å². The Morgan fingerprint density at radius 1 is 1.39 bits per heavy atom. The fourth-order valence-electron chi connectivity index (χ4n) is 3.31. The maximum absolute atomic E-state index is 12.1. The van der Waals surface area contributed by atoms with Crippen molar-refractivity contribution in [2.24, 2.45) is 11.3 Å². The van der Waals surface area contributed by atoms with Crippen LogP contribution in [0, 0.1) is 11.3 Å². The Morgan fingerprint density at radius 2 is 2.17 bits per heavy atom. The van der Waals surface area contributed by atoms with Gasteiger partial charge in [0.1, 0.15) is 12.1 Å². The summed E-state index contributed by atoms with van der Waals surface area (Å²) in [5.41, 5.74) is 0.303. The zero-order chi connectivity index (χ0) is 13.2. The van der Waals surface area contributed by atoms with Crippen LogP contribution < -0.4 is 5.32 Å². The van der Waals surface area contributed by atoms with Crippen LogP contribution in [0.2, 0.25) is 0 Å². The lowest BCUT2D eigenvalue weighted by molar-refractivity contribution is -0.155. The summed E-state index contributed by atoms with van der Waals surface area (Å²) in [4.78, 5) is 12.1. The third-order valence-electron chi connectivity index (χ3n) is 3.84. The standard InChI is InChI=1S/C14H25NO2S/c1-10-6-11(8-14(2,3)7-10)17-13(16)12-9-18-5-4-15-12/h10-12,15H,4-9H2,1-3H3. The first kappa shape index (κ1) is 14.2. The van der Waals surface area contributed by atoms with Gasteiger partial charge in [0.15, 0.2) is 0 Å². The predicted octanol–water partition coefficient (Wildman–Crippen LogP) is 2.45. The fourth-order valence-corrected chi connectivity index (χ4v) is 4.23. The van der Waals surface area contributed by atoms with E-state index in [1.807, 2.05) is 11.8 Å². The minimum atomic E-state index is -0.0934. The average molecular weight is 271 g/mol. The third-order valence-corrected chi connectivity index (χ3v) is 4.90. The summed E-state index contributed by atoms with van der Waals surface area (Å²) in [6.07, 6.45) is 3.38. The highest BCUT2D eigenvalue weighted by atomic mass is 32.2. The summed E-state index contributed by atoms with van der Waals surface area (Å²) in [5.74, 6) is 2.55. The van der Waals surface area contributed by atoms with E-state index in [1.165, 1.54) is 6.42 Å². The highest BCUT2D eigenvalue weighted by molar-refractivity contribution is 7.99. The first-order chi connectivity index (χ1) is 8.46. The number of hydrogen-bond donors (Lipinski definition) is 1. The smallest absolute Gasteiger partial charge is 0.324 e. The lowest BCUT2D eigenvalue weighted by Crippen LogP contribution is -2.46. The summed E-state index contributed by atoms with van der Waals surface area (Å²) < 4.78 is 5.72. The zero-order valence-corrected chi connectivity index (χ0v) is 12.5. The third kappa shape index (κ3) is 3.89. The Morgan fingerprint density at radius 3 is 2.78 bits per heavy atom. The van der Waals surface area contributed by atoms with E-state index < -0.39 is 0 Å². The summed E-state index contributed by atoms with van der Waals surface area (Å²) in [6.45, 7) is 7.73. The highest BCUT2D eigenvalue weighted by Crippen LogP contribution is 2.39. The molecule has 104 valence electrons. The van der Waals surface area contributed by atoms with Gasteiger partial charge in [0, 0.05) is 18.1 Å². The summed E-state index contributed by atoms with van der Waals surface area (Å²) in [5, 5.41) is 3.25. The molecule has 1 saturated heterocycles. The van der Waals surface area contributed by atoms with Gasteiger partial charge >= 0.3 is 5.97 Å². The highest BCUT2D eigenvalue weighted by Gasteiger charge is 2.35. The van der Waals surface area contributed by atoms with Gasteiger partial charge < -0.3 is 10.1 Å². The maximum atomic E-state index is 12.1. The number of carbonyl (C=O) groups excluding carboxylic acids is 1. The first-order valence-corrected chi connectivity index (χ1v) is 8.13. The quantitative estimate of drug-likeness (QED) is 0.783. The number of nitrogens with one attached hydrogen (secondary N) is 1. The van der Waals surface area contributed by atoms with Gasteiger partial charge in [0.25, 0.3) is 0 Å². The van der Waals surface area contributed by atoms with Gasteiger partial charge in [-0.2, -0.15) is 11.8 Å². The van der Waals surface area contributed by atoms with Gasteiger partial charge in [-0.3, -0.25) is 4.79 Å². The number of ether oxygens (including phenoxy) is 1. The Kier molecular flexibility index (Phi) is 4.59. The van der Waals surface area contributed by atoms with E-state index in [-0.39, 0.29) is 18.1 Å². The van der Waals surface area contributed by atoms with Crippen molar-refractivity contribution >= 4 is 17.7 Å². The Bertz CT molecular complexity index is 300. The molecule has 2 rings (SSSR count). The van der Waals surface area contributed by atoms with E-state index >= 15 is 0 Å². The maximum Gasteiger partial charge on any atom is 0.324 e. The molecule has 1 heterocycles. The molecule has 0 aromatic rings. The van der Waals surface area contributed by atoms with Gasteiger partial charge in [-0.1, -0.05) is 20.8 Å². The molecule has 3 nitrogen and oxygen atoms in total. The lowest BCUT2D eigenvalue weighted by Gasteiger charge is -2.39. The molecule has 1 N–H and O–H groups in total. The van der Waals surface area contributed by atoms with Gasteiger partial charge in [-0.25, -0.2) is 0 Å². The van der Waals surface area contributed by atoms with Crippen LogP contribution in [0.15, 0.2) is 0 Å². The van der Waals surface area contributed by atoms with Gasteiger partial charge in [0.2, 0.25) is 0 Å². The SMILES string of the molecule is CC1CC(OC(=O)C2CSCCN2)CC(C)(C)C1. The van der Waals surface area contributed by atoms with Crippen molar-refractivity contribution in [3.05, 3.63) is 0 Å². The summed E-state index contributed by atoms with van der Waals surface area (Å²) >= 11 is 1.83. The second kappa shape index (κ2) is 5.83. The van der Waals surface area contributed by atoms with Crippen LogP contribution in [-0.2, 0) is 9.53 Å². The molecule has 3 unspecified atom stereocenters. The molecule has 0 bridgehead atoms. The molecule has 2 aliphatic rings. The molecule has 0 radical (unpaired) electrons. The van der Waals surface area contributed by atoms with E-state index in [0.29, 0.717) is 11.3 Å². The molecule has 1 aliphatic carbocycles. The van der Waals surface area contributed by atoms with E-state index in [1.54, 1.807) is 0 Å². The topological polar surface area (TPSA) is 38.3 Å². The van der Waals surface area contributed by atoms with E-state index in [0.717, 1.165) is 30.9 Å². The number of thioether (sulfide) groups is 1. The average Bonchev–Trinajstić information content (AvgIpc) is 2.27. The molecular weight excluding hydrogens is 246 g/mol. The van der Waals surface area contributed by atoms with Gasteiger partial charge in [-0.05, 0) is 30.6 Å². The van der Waals surface area contributed by atoms with E-state index in [4.69, 9.17) is 4.74 Å². The van der Waals surface area contributed by atoms with Gasteiger partial charge in [-0.15, -0.1) is 0 Å². The van der Waals surface area contributed by atoms with Crippen molar-refractivity contribution in [2.75, 3.05) is 18.1 Å². The molecule has 1 aliphatic heterocycles. The van der Waals surface area contributed by atoms with Crippen molar-refractivity contribution < 1.29 is 9.53 Å². The van der Waals surface area contributed by atoms with Crippen LogP contribution in [-0.4, -0.2) is 36.2 Å². The largest absolute Gasteiger partial charge is 0.461 e. The van der Waals surface area contributed by atoms with E-state index in [9.17, 15) is 4.79 Å². The van der Waals surface area contributed by atoms with Crippen LogP contribution in [0.5, 0.6) is 0 Å². The zero-order valence-electron chi connectivity index (χ0n) is 11.7. The van der Waals surface area contributed by atoms with Crippen molar-refractivity contribution in [1.29, 1.82) is 0 Å². The van der Waals surface area contributed by atoms with Crippen LogP contribution in [0.4, 0.5) is 0 Å². The molecule has 3 atom stereocenters. The second-order valence-corrected chi connectivity index (χ2v) is 7.70. The van der Waals surface area contributed by atoms with Crippen molar-refractivity contribution in [1.82, 2.24) is 5.32 Å². The molecule has 18 heavy (non-hydrogen) atoms. The normalized spacial score (nSPS) is 36.1. The minimum absolute atomic E-state index is 0.0444. The molecule has 1 saturated carbocycles. The predicted molar refractivity (Wildman–Crippen MR) is 75.8 cm³/mol. The van der Waals surface area contributed by atoms with E-state index in [2.05, 4.69) is 26.1 Å². The molecule has 2 fully saturated rings. The molecule has 0 aromatic heterocycles. The van der Waals surface area contributed by atoms with Gasteiger partial charge in [0.05, 0.1) is 0 Å². The first-order valence-electron chi connectivity index (χ1n) is 6.98. The van der Waals surface area contributed by atoms with Crippen LogP contribution in [0.1, 0.15) is 40.0 Å². The Hall–Kier alpha value is -0.220. The van der Waals surface area contributed by atoms with Crippen molar-refractivity contribution in [3.63, 3.8) is 0 Å². The minimum Gasteiger partial charge on any atom is -0.461 e. The molecular formula is C14H25NO2S. The molecule has 4 heteroatoms. The van der Waals surface area contributed by atoms with Crippen molar-refractivity contribution in [2.45, 2.75) is 52.2 Å². The lowest BCUT2D eigenvalue weighted by atomic mass is 9.71. The fraction of sp³-hybridized carbons (Fsp3) is 0.929. The molecule has 0 spiro atoms. The second-order valence-electron chi connectivity index (χ2n) is 6.55. The van der Waals surface area contributed by atoms with Crippen LogP contribution >= 0.6 is 11.8 Å². The number of rotatable bonds is 2. The van der Waals surface area contributed by atoms with Crippen molar-refractivity contribution in [3.8, 4) is 0 Å². The van der Waals surface area contributed by atoms with Crippen LogP contribution in [0.3, 0.4) is 0 Å². The monoisotopic (exact) mass is 271 g/mol. The molecule has 0 aromatic carbocycles. The summed E-state index contributed by atoms with van der Waals surface area (Å²) in [6, 6.07) is -0.0934. The number of hydrogen-bond acceptors (Lipinski definition) is 4. The number of esters is 1. The Balaban J connectivity index is 1.86. The molecule has 0 amide bonds. The van der Waals surface area contributed by atoms with Crippen LogP contribution in [0.25, 0.3) is 0 Å². The summed E-state index contributed by atoms with van der Waals surface area (Å²) in [7, 11) is 0.